The van der Waals surface area contributed by atoms with E-state index in [1.165, 1.54) is 22.6 Å². The van der Waals surface area contributed by atoms with Gasteiger partial charge in [0.2, 0.25) is 15.9 Å². The maximum absolute atomic E-state index is 13.9. The number of amides is 1. The van der Waals surface area contributed by atoms with Gasteiger partial charge in [0.1, 0.15) is 10.7 Å². The van der Waals surface area contributed by atoms with Crippen molar-refractivity contribution < 1.29 is 22.0 Å². The number of carbonyl (C=O) groups is 1. The van der Waals surface area contributed by atoms with Crippen LogP contribution in [0.3, 0.4) is 0 Å². The number of aryl methyl sites for hydroxylation is 1. The lowest BCUT2D eigenvalue weighted by Crippen LogP contribution is -2.36. The number of rotatable bonds is 7. The number of anilines is 1. The van der Waals surface area contributed by atoms with Crippen LogP contribution in [-0.2, 0) is 21.2 Å². The molecule has 1 aliphatic rings. The Morgan fingerprint density at radius 1 is 1.06 bits per heavy atom. The molecule has 0 unspecified atom stereocenters. The molecule has 0 saturated carbocycles. The molecule has 1 aliphatic heterocycles. The van der Waals surface area contributed by atoms with E-state index < -0.39 is 15.8 Å². The number of para-hydroxylation sites is 1. The molecule has 7 nitrogen and oxygen atoms in total. The zero-order valence-corrected chi connectivity index (χ0v) is 18.3. The van der Waals surface area contributed by atoms with Gasteiger partial charge in [0.25, 0.3) is 0 Å². The highest BCUT2D eigenvalue weighted by atomic mass is 32.2. The Bertz CT molecular complexity index is 1200. The molecule has 2 aromatic carbocycles. The maximum atomic E-state index is 13.9. The number of piperidine rings is 1. The SMILES string of the molecule is O=C(CCc1ncc(-c2ccccc2F)o1)Nc1ccccc1S(=O)(=O)N1CCCCC1. The molecule has 0 bridgehead atoms. The van der Waals surface area contributed by atoms with Crippen LogP contribution in [0.5, 0.6) is 0 Å². The second-order valence-electron chi connectivity index (χ2n) is 7.61. The molecule has 1 saturated heterocycles. The zero-order chi connectivity index (χ0) is 22.6. The lowest BCUT2D eigenvalue weighted by atomic mass is 10.2. The van der Waals surface area contributed by atoms with Crippen molar-refractivity contribution in [3.8, 4) is 11.3 Å². The fourth-order valence-electron chi connectivity index (χ4n) is 3.68. The number of benzene rings is 2. The summed E-state index contributed by atoms with van der Waals surface area (Å²) in [7, 11) is -3.68. The maximum Gasteiger partial charge on any atom is 0.245 e. The molecular formula is C23H24FN3O4S. The number of carbonyl (C=O) groups excluding carboxylic acids is 1. The average Bonchev–Trinajstić information content (AvgIpc) is 3.28. The first-order chi connectivity index (χ1) is 15.4. The summed E-state index contributed by atoms with van der Waals surface area (Å²) in [6.45, 7) is 0.970. The Hall–Kier alpha value is -3.04. The van der Waals surface area contributed by atoms with Crippen molar-refractivity contribution in [3.63, 3.8) is 0 Å². The smallest absolute Gasteiger partial charge is 0.245 e. The van der Waals surface area contributed by atoms with Gasteiger partial charge in [0.05, 0.1) is 17.4 Å². The summed E-state index contributed by atoms with van der Waals surface area (Å²) >= 11 is 0. The summed E-state index contributed by atoms with van der Waals surface area (Å²) in [4.78, 5) is 16.7. The second kappa shape index (κ2) is 9.62. The number of oxazole rings is 1. The normalized spacial score (nSPS) is 14.9. The van der Waals surface area contributed by atoms with Crippen LogP contribution in [0.15, 0.2) is 64.0 Å². The first kappa shape index (κ1) is 22.2. The van der Waals surface area contributed by atoms with Crippen LogP contribution in [0.2, 0.25) is 0 Å². The predicted molar refractivity (Wildman–Crippen MR) is 118 cm³/mol. The van der Waals surface area contributed by atoms with E-state index in [0.29, 0.717) is 24.5 Å². The van der Waals surface area contributed by atoms with Gasteiger partial charge in [-0.3, -0.25) is 4.79 Å². The Balaban J connectivity index is 1.42. The summed E-state index contributed by atoms with van der Waals surface area (Å²) in [5.74, 6) is -0.194. The summed E-state index contributed by atoms with van der Waals surface area (Å²) in [5.41, 5.74) is 0.551. The molecule has 168 valence electrons. The minimum absolute atomic E-state index is 0.0370. The molecule has 1 fully saturated rings. The molecule has 0 aliphatic carbocycles. The number of halogens is 1. The first-order valence-electron chi connectivity index (χ1n) is 10.5. The van der Waals surface area contributed by atoms with Crippen molar-refractivity contribution in [2.45, 2.75) is 37.0 Å². The van der Waals surface area contributed by atoms with Crippen molar-refractivity contribution in [2.75, 3.05) is 18.4 Å². The van der Waals surface area contributed by atoms with Gasteiger partial charge >= 0.3 is 0 Å². The van der Waals surface area contributed by atoms with Crippen LogP contribution < -0.4 is 5.32 Å². The third-order valence-electron chi connectivity index (χ3n) is 5.35. The Morgan fingerprint density at radius 2 is 1.78 bits per heavy atom. The van der Waals surface area contributed by atoms with Gasteiger partial charge in [-0.1, -0.05) is 30.7 Å². The zero-order valence-electron chi connectivity index (χ0n) is 17.5. The van der Waals surface area contributed by atoms with Crippen molar-refractivity contribution in [1.29, 1.82) is 0 Å². The van der Waals surface area contributed by atoms with Gasteiger partial charge in [0.15, 0.2) is 11.7 Å². The highest BCUT2D eigenvalue weighted by Gasteiger charge is 2.28. The summed E-state index contributed by atoms with van der Waals surface area (Å²) in [6, 6.07) is 12.6. The van der Waals surface area contributed by atoms with Gasteiger partial charge in [-0.05, 0) is 37.1 Å². The summed E-state index contributed by atoms with van der Waals surface area (Å²) < 4.78 is 47.1. The van der Waals surface area contributed by atoms with Gasteiger partial charge < -0.3 is 9.73 Å². The molecule has 0 spiro atoms. The second-order valence-corrected chi connectivity index (χ2v) is 9.51. The number of nitrogens with zero attached hydrogens (tertiary/aromatic N) is 2. The molecule has 0 atom stereocenters. The van der Waals surface area contributed by atoms with Crippen molar-refractivity contribution in [1.82, 2.24) is 9.29 Å². The van der Waals surface area contributed by atoms with E-state index in [4.69, 9.17) is 4.42 Å². The molecule has 9 heteroatoms. The number of nitrogens with one attached hydrogen (secondary N) is 1. The Morgan fingerprint density at radius 3 is 2.56 bits per heavy atom. The molecule has 32 heavy (non-hydrogen) atoms. The van der Waals surface area contributed by atoms with Crippen LogP contribution in [0.4, 0.5) is 10.1 Å². The first-order valence-corrected chi connectivity index (χ1v) is 12.0. The van der Waals surface area contributed by atoms with E-state index in [0.717, 1.165) is 19.3 Å². The lowest BCUT2D eigenvalue weighted by molar-refractivity contribution is -0.116. The minimum atomic E-state index is -3.68. The highest BCUT2D eigenvalue weighted by Crippen LogP contribution is 2.27. The minimum Gasteiger partial charge on any atom is -0.441 e. The molecule has 3 aromatic rings. The van der Waals surface area contributed by atoms with Crippen molar-refractivity contribution in [2.24, 2.45) is 0 Å². The third-order valence-corrected chi connectivity index (χ3v) is 7.31. The highest BCUT2D eigenvalue weighted by molar-refractivity contribution is 7.89. The molecule has 1 N–H and O–H groups in total. The molecule has 4 rings (SSSR count). The van der Waals surface area contributed by atoms with E-state index in [9.17, 15) is 17.6 Å². The fourth-order valence-corrected chi connectivity index (χ4v) is 5.35. The largest absolute Gasteiger partial charge is 0.441 e. The average molecular weight is 458 g/mol. The van der Waals surface area contributed by atoms with Crippen LogP contribution in [-0.4, -0.2) is 36.7 Å². The molecule has 1 amide bonds. The monoisotopic (exact) mass is 457 g/mol. The standard InChI is InChI=1S/C23H24FN3O4S/c24-18-9-3-2-8-17(18)20-16-25-23(31-20)13-12-22(28)26-19-10-4-5-11-21(19)32(29,30)27-14-6-1-7-15-27/h2-5,8-11,16H,1,6-7,12-15H2,(H,26,28). The van der Waals surface area contributed by atoms with Crippen LogP contribution in [0.1, 0.15) is 31.6 Å². The fraction of sp³-hybridized carbons (Fsp3) is 0.304. The molecule has 0 radical (unpaired) electrons. The van der Waals surface area contributed by atoms with Crippen molar-refractivity contribution >= 4 is 21.6 Å². The Kier molecular flexibility index (Phi) is 6.66. The van der Waals surface area contributed by atoms with Crippen LogP contribution in [0.25, 0.3) is 11.3 Å². The topological polar surface area (TPSA) is 92.5 Å². The molecule has 1 aromatic heterocycles. The van der Waals surface area contributed by atoms with E-state index in [-0.39, 0.29) is 35.1 Å². The third kappa shape index (κ3) is 4.89. The van der Waals surface area contributed by atoms with E-state index >= 15 is 0 Å². The van der Waals surface area contributed by atoms with Gasteiger partial charge in [-0.2, -0.15) is 4.31 Å². The predicted octanol–water partition coefficient (Wildman–Crippen LogP) is 4.23. The number of hydrogen-bond acceptors (Lipinski definition) is 5. The Labute approximate surface area is 186 Å². The van der Waals surface area contributed by atoms with E-state index in [1.54, 1.807) is 36.4 Å². The van der Waals surface area contributed by atoms with E-state index in [1.807, 2.05) is 0 Å². The number of hydrogen-bond donors (Lipinski definition) is 1. The van der Waals surface area contributed by atoms with Gasteiger partial charge in [0, 0.05) is 25.9 Å². The number of aromatic nitrogens is 1. The van der Waals surface area contributed by atoms with Crippen LogP contribution in [0, 0.1) is 5.82 Å². The van der Waals surface area contributed by atoms with Gasteiger partial charge in [-0.15, -0.1) is 0 Å². The van der Waals surface area contributed by atoms with E-state index in [2.05, 4.69) is 10.3 Å². The molecular weight excluding hydrogens is 433 g/mol. The summed E-state index contributed by atoms with van der Waals surface area (Å²) in [5, 5.41) is 2.70. The number of sulfonamides is 1. The lowest BCUT2D eigenvalue weighted by Gasteiger charge is -2.26. The van der Waals surface area contributed by atoms with Crippen LogP contribution >= 0.6 is 0 Å². The summed E-state index contributed by atoms with van der Waals surface area (Å²) in [6.07, 6.45) is 4.34. The molecule has 2 heterocycles. The quantitative estimate of drug-likeness (QED) is 0.573. The van der Waals surface area contributed by atoms with Crippen molar-refractivity contribution in [3.05, 3.63) is 66.4 Å². The van der Waals surface area contributed by atoms with Gasteiger partial charge in [-0.25, -0.2) is 17.8 Å².